The van der Waals surface area contributed by atoms with Gasteiger partial charge in [0.25, 0.3) is 0 Å². The van der Waals surface area contributed by atoms with Crippen LogP contribution < -0.4 is 5.32 Å². The maximum atomic E-state index is 11.7. The van der Waals surface area contributed by atoms with Crippen LogP contribution >= 0.6 is 11.6 Å². The summed E-state index contributed by atoms with van der Waals surface area (Å²) in [7, 11) is 0. The molecule has 3 heteroatoms. The van der Waals surface area contributed by atoms with Crippen molar-refractivity contribution in [2.24, 2.45) is 5.92 Å². The van der Waals surface area contributed by atoms with Crippen LogP contribution in [0, 0.1) is 5.92 Å². The lowest BCUT2D eigenvalue weighted by Crippen LogP contribution is -2.37. The highest BCUT2D eigenvalue weighted by Crippen LogP contribution is 2.07. The molecule has 0 aliphatic rings. The van der Waals surface area contributed by atoms with E-state index in [1.807, 2.05) is 18.2 Å². The fraction of sp³-hybridized carbons (Fsp3) is 0.533. The summed E-state index contributed by atoms with van der Waals surface area (Å²) in [5, 5.41) is 3.00. The molecule has 18 heavy (non-hydrogen) atoms. The Kier molecular flexibility index (Phi) is 6.81. The SMILES string of the molecule is CC(C)CCC(=O)NC(CCl)Cc1ccccc1. The van der Waals surface area contributed by atoms with E-state index in [1.165, 1.54) is 5.56 Å². The van der Waals surface area contributed by atoms with Gasteiger partial charge in [-0.3, -0.25) is 4.79 Å². The van der Waals surface area contributed by atoms with Crippen LogP contribution in [0.5, 0.6) is 0 Å². The van der Waals surface area contributed by atoms with Gasteiger partial charge < -0.3 is 5.32 Å². The molecule has 0 saturated carbocycles. The van der Waals surface area contributed by atoms with Gasteiger partial charge in [-0.2, -0.15) is 0 Å². The molecule has 0 heterocycles. The first kappa shape index (κ1) is 15.0. The maximum Gasteiger partial charge on any atom is 0.220 e. The number of alkyl halides is 1. The standard InChI is InChI=1S/C15H22ClNO/c1-12(2)8-9-15(18)17-14(11-16)10-13-6-4-3-5-7-13/h3-7,12,14H,8-11H2,1-2H3,(H,17,18). The van der Waals surface area contributed by atoms with E-state index in [-0.39, 0.29) is 11.9 Å². The molecule has 0 aliphatic heterocycles. The lowest BCUT2D eigenvalue weighted by atomic mass is 10.1. The van der Waals surface area contributed by atoms with Crippen LogP contribution in [0.3, 0.4) is 0 Å². The molecule has 1 N–H and O–H groups in total. The van der Waals surface area contributed by atoms with Crippen molar-refractivity contribution in [2.75, 3.05) is 5.88 Å². The number of halogens is 1. The van der Waals surface area contributed by atoms with Gasteiger partial charge in [0, 0.05) is 18.3 Å². The van der Waals surface area contributed by atoms with Crippen molar-refractivity contribution in [3.05, 3.63) is 35.9 Å². The van der Waals surface area contributed by atoms with Crippen molar-refractivity contribution in [2.45, 2.75) is 39.2 Å². The summed E-state index contributed by atoms with van der Waals surface area (Å²) >= 11 is 5.91. The summed E-state index contributed by atoms with van der Waals surface area (Å²) in [6, 6.07) is 10.1. The van der Waals surface area contributed by atoms with Gasteiger partial charge in [-0.05, 0) is 24.3 Å². The molecule has 1 rings (SSSR count). The number of carbonyl (C=O) groups excluding carboxylic acids is 1. The topological polar surface area (TPSA) is 29.1 Å². The van der Waals surface area contributed by atoms with Gasteiger partial charge in [-0.1, -0.05) is 44.2 Å². The second kappa shape index (κ2) is 8.15. The number of hydrogen-bond acceptors (Lipinski definition) is 1. The third-order valence-corrected chi connectivity index (χ3v) is 3.20. The van der Waals surface area contributed by atoms with Crippen LogP contribution in [-0.2, 0) is 11.2 Å². The molecule has 1 atom stereocenters. The van der Waals surface area contributed by atoms with Crippen molar-refractivity contribution in [1.82, 2.24) is 5.32 Å². The maximum absolute atomic E-state index is 11.7. The first-order valence-corrected chi connectivity index (χ1v) is 7.04. The summed E-state index contributed by atoms with van der Waals surface area (Å²) in [5.74, 6) is 1.10. The highest BCUT2D eigenvalue weighted by atomic mass is 35.5. The van der Waals surface area contributed by atoms with E-state index in [0.29, 0.717) is 18.2 Å². The van der Waals surface area contributed by atoms with Crippen LogP contribution in [0.1, 0.15) is 32.3 Å². The Hall–Kier alpha value is -1.02. The average Bonchev–Trinajstić information content (AvgIpc) is 2.37. The lowest BCUT2D eigenvalue weighted by Gasteiger charge is -2.16. The smallest absolute Gasteiger partial charge is 0.220 e. The summed E-state index contributed by atoms with van der Waals surface area (Å²) in [4.78, 5) is 11.7. The van der Waals surface area contributed by atoms with Crippen molar-refractivity contribution in [3.8, 4) is 0 Å². The Bertz CT molecular complexity index is 351. The molecule has 1 aromatic rings. The van der Waals surface area contributed by atoms with Crippen molar-refractivity contribution in [1.29, 1.82) is 0 Å². The number of amides is 1. The van der Waals surface area contributed by atoms with Crippen LogP contribution in [-0.4, -0.2) is 17.8 Å². The quantitative estimate of drug-likeness (QED) is 0.754. The summed E-state index contributed by atoms with van der Waals surface area (Å²) in [6.45, 7) is 4.24. The van der Waals surface area contributed by atoms with Gasteiger partial charge >= 0.3 is 0 Å². The monoisotopic (exact) mass is 267 g/mol. The molecule has 1 amide bonds. The van der Waals surface area contributed by atoms with Crippen LogP contribution in [0.2, 0.25) is 0 Å². The molecule has 0 spiro atoms. The Labute approximate surface area is 115 Å². The zero-order valence-corrected chi connectivity index (χ0v) is 11.9. The van der Waals surface area contributed by atoms with E-state index in [9.17, 15) is 4.79 Å². The van der Waals surface area contributed by atoms with Crippen molar-refractivity contribution in [3.63, 3.8) is 0 Å². The molecule has 0 saturated heterocycles. The molecule has 0 aliphatic carbocycles. The fourth-order valence-electron chi connectivity index (χ4n) is 1.76. The predicted octanol–water partition coefficient (Wildman–Crippen LogP) is 3.39. The van der Waals surface area contributed by atoms with E-state index < -0.39 is 0 Å². The Morgan fingerprint density at radius 2 is 1.94 bits per heavy atom. The van der Waals surface area contributed by atoms with Crippen LogP contribution in [0.25, 0.3) is 0 Å². The van der Waals surface area contributed by atoms with Gasteiger partial charge in [0.05, 0.1) is 0 Å². The summed E-state index contributed by atoms with van der Waals surface area (Å²) in [6.07, 6.45) is 2.30. The zero-order chi connectivity index (χ0) is 13.4. The van der Waals surface area contributed by atoms with E-state index in [4.69, 9.17) is 11.6 Å². The van der Waals surface area contributed by atoms with Crippen molar-refractivity contribution >= 4 is 17.5 Å². The fourth-order valence-corrected chi connectivity index (χ4v) is 1.95. The second-order valence-corrected chi connectivity index (χ2v) is 5.35. The van der Waals surface area contributed by atoms with Gasteiger partial charge in [-0.15, -0.1) is 11.6 Å². The van der Waals surface area contributed by atoms with E-state index in [0.717, 1.165) is 12.8 Å². The van der Waals surface area contributed by atoms with Gasteiger partial charge in [0.2, 0.25) is 5.91 Å². The minimum atomic E-state index is 0.0220. The molecular formula is C15H22ClNO. The normalized spacial score (nSPS) is 12.4. The number of nitrogens with one attached hydrogen (secondary N) is 1. The molecule has 0 aromatic heterocycles. The molecule has 0 bridgehead atoms. The average molecular weight is 268 g/mol. The van der Waals surface area contributed by atoms with Gasteiger partial charge in [-0.25, -0.2) is 0 Å². The zero-order valence-electron chi connectivity index (χ0n) is 11.2. The molecule has 1 aromatic carbocycles. The summed E-state index contributed by atoms with van der Waals surface area (Å²) in [5.41, 5.74) is 1.20. The third-order valence-electron chi connectivity index (χ3n) is 2.83. The van der Waals surface area contributed by atoms with Crippen LogP contribution in [0.15, 0.2) is 30.3 Å². The molecule has 0 radical (unpaired) electrons. The lowest BCUT2D eigenvalue weighted by molar-refractivity contribution is -0.121. The number of rotatable bonds is 7. The van der Waals surface area contributed by atoms with E-state index in [2.05, 4.69) is 31.3 Å². The second-order valence-electron chi connectivity index (χ2n) is 5.04. The van der Waals surface area contributed by atoms with E-state index >= 15 is 0 Å². The molecule has 100 valence electrons. The van der Waals surface area contributed by atoms with Gasteiger partial charge in [0.15, 0.2) is 0 Å². The largest absolute Gasteiger partial charge is 0.352 e. The molecule has 0 fully saturated rings. The van der Waals surface area contributed by atoms with Gasteiger partial charge in [0.1, 0.15) is 0 Å². The Morgan fingerprint density at radius 1 is 1.28 bits per heavy atom. The molecule has 2 nitrogen and oxygen atoms in total. The highest BCUT2D eigenvalue weighted by molar-refractivity contribution is 6.18. The summed E-state index contributed by atoms with van der Waals surface area (Å²) < 4.78 is 0. The number of benzene rings is 1. The predicted molar refractivity (Wildman–Crippen MR) is 76.9 cm³/mol. The third kappa shape index (κ3) is 6.06. The Balaban J connectivity index is 2.40. The van der Waals surface area contributed by atoms with E-state index in [1.54, 1.807) is 0 Å². The Morgan fingerprint density at radius 3 is 2.50 bits per heavy atom. The first-order chi connectivity index (χ1) is 8.61. The number of carbonyl (C=O) groups is 1. The van der Waals surface area contributed by atoms with Crippen molar-refractivity contribution < 1.29 is 4.79 Å². The molecule has 1 unspecified atom stereocenters. The molecular weight excluding hydrogens is 246 g/mol. The minimum absolute atomic E-state index is 0.0220. The number of hydrogen-bond donors (Lipinski definition) is 1. The first-order valence-electron chi connectivity index (χ1n) is 6.51. The highest BCUT2D eigenvalue weighted by Gasteiger charge is 2.12. The minimum Gasteiger partial charge on any atom is -0.352 e. The van der Waals surface area contributed by atoms with Crippen LogP contribution in [0.4, 0.5) is 0 Å².